The number of hydrazine groups is 1. The second-order valence-corrected chi connectivity index (χ2v) is 6.49. The van der Waals surface area contributed by atoms with E-state index in [0.717, 1.165) is 11.3 Å². The lowest BCUT2D eigenvalue weighted by molar-refractivity contribution is -0.134. The molecule has 11 heteroatoms. The van der Waals surface area contributed by atoms with Crippen LogP contribution in [-0.2, 0) is 9.59 Å². The summed E-state index contributed by atoms with van der Waals surface area (Å²) in [4.78, 5) is 49.9. The molecule has 138 valence electrons. The molecule has 0 aromatic carbocycles. The molecule has 0 unspecified atom stereocenters. The third-order valence-electron chi connectivity index (χ3n) is 5.01. The monoisotopic (exact) mass is 355 g/mol. The Hall–Kier alpha value is -2.56. The molecule has 0 radical (unpaired) electrons. The molecule has 3 fully saturated rings. The van der Waals surface area contributed by atoms with Crippen molar-refractivity contribution in [3.63, 3.8) is 0 Å². The van der Waals surface area contributed by atoms with Crippen molar-refractivity contribution in [2.24, 2.45) is 0 Å². The number of piperidine rings is 2. The molecule has 0 aromatic rings. The first kappa shape index (κ1) is 17.3. The minimum atomic E-state index is -1.17. The van der Waals surface area contributed by atoms with Gasteiger partial charge in [-0.15, -0.1) is 0 Å². The first-order valence-corrected chi connectivity index (χ1v) is 8.28. The fourth-order valence-corrected chi connectivity index (χ4v) is 3.65. The first-order valence-electron chi connectivity index (χ1n) is 8.28. The highest BCUT2D eigenvalue weighted by Gasteiger charge is 2.47. The number of carbonyl (C=O) groups is 4. The average Bonchev–Trinajstić information content (AvgIpc) is 2.83. The van der Waals surface area contributed by atoms with Crippen LogP contribution in [0.15, 0.2) is 0 Å². The zero-order chi connectivity index (χ0) is 18.1. The number of likely N-dealkylation sites (tertiary alicyclic amines) is 1. The summed E-state index contributed by atoms with van der Waals surface area (Å²) in [5.41, 5.74) is 4.54. The summed E-state index contributed by atoms with van der Waals surface area (Å²) in [5, 5.41) is 19.4. The topological polar surface area (TPSA) is 143 Å². The second kappa shape index (κ2) is 6.75. The van der Waals surface area contributed by atoms with Gasteiger partial charge in [0.2, 0.25) is 0 Å². The average molecular weight is 355 g/mol. The van der Waals surface area contributed by atoms with E-state index in [1.165, 1.54) is 4.90 Å². The van der Waals surface area contributed by atoms with Gasteiger partial charge in [0.05, 0.1) is 6.04 Å². The minimum Gasteiger partial charge on any atom is -0.465 e. The number of fused-ring (bicyclic) bond motifs is 2. The van der Waals surface area contributed by atoms with Crippen LogP contribution in [-0.4, -0.2) is 80.3 Å². The number of urea groups is 1. The van der Waals surface area contributed by atoms with Crippen LogP contribution in [0, 0.1) is 0 Å². The molecule has 0 aromatic heterocycles. The van der Waals surface area contributed by atoms with Gasteiger partial charge in [0, 0.05) is 13.1 Å². The Labute approximate surface area is 143 Å². The lowest BCUT2D eigenvalue weighted by atomic mass is 10.0. The number of rotatable bonds is 2. The maximum atomic E-state index is 12.3. The van der Waals surface area contributed by atoms with Crippen LogP contribution in [0.25, 0.3) is 0 Å². The van der Waals surface area contributed by atoms with Crippen molar-refractivity contribution in [3.8, 4) is 0 Å². The highest BCUT2D eigenvalue weighted by atomic mass is 16.5. The highest BCUT2D eigenvalue weighted by Crippen LogP contribution is 2.28. The van der Waals surface area contributed by atoms with Gasteiger partial charge in [0.25, 0.3) is 11.8 Å². The van der Waals surface area contributed by atoms with Gasteiger partial charge in [-0.25, -0.2) is 14.7 Å². The van der Waals surface area contributed by atoms with Crippen LogP contribution in [0.1, 0.15) is 32.1 Å². The second-order valence-electron chi connectivity index (χ2n) is 6.49. The normalized spacial score (nSPS) is 28.8. The summed E-state index contributed by atoms with van der Waals surface area (Å²) >= 11 is 0. The van der Waals surface area contributed by atoms with Crippen LogP contribution >= 0.6 is 0 Å². The largest absolute Gasteiger partial charge is 0.465 e. The predicted molar refractivity (Wildman–Crippen MR) is 81.2 cm³/mol. The van der Waals surface area contributed by atoms with Gasteiger partial charge in [0.1, 0.15) is 12.1 Å². The molecule has 3 heterocycles. The highest BCUT2D eigenvalue weighted by molar-refractivity contribution is 5.91. The van der Waals surface area contributed by atoms with Gasteiger partial charge in [-0.05, 0) is 32.1 Å². The summed E-state index contributed by atoms with van der Waals surface area (Å²) in [6.45, 7) is 0.538. The Kier molecular flexibility index (Phi) is 4.66. The Morgan fingerprint density at radius 2 is 1.68 bits per heavy atom. The number of amides is 5. The summed E-state index contributed by atoms with van der Waals surface area (Å²) in [6.07, 6.45) is 1.51. The van der Waals surface area contributed by atoms with Gasteiger partial charge in [-0.3, -0.25) is 30.5 Å². The van der Waals surface area contributed by atoms with E-state index in [4.69, 9.17) is 5.11 Å². The van der Waals surface area contributed by atoms with Crippen molar-refractivity contribution >= 4 is 23.9 Å². The molecule has 3 rings (SSSR count). The Bertz CT molecular complexity index is 598. The first-order chi connectivity index (χ1) is 11.9. The van der Waals surface area contributed by atoms with Crippen molar-refractivity contribution in [1.82, 2.24) is 25.7 Å². The maximum absolute atomic E-state index is 12.3. The minimum absolute atomic E-state index is 0.261. The molecule has 25 heavy (non-hydrogen) atoms. The van der Waals surface area contributed by atoms with E-state index in [-0.39, 0.29) is 19.1 Å². The number of carboxylic acid groups (broad SMARTS) is 1. The molecule has 3 aliphatic heterocycles. The van der Waals surface area contributed by atoms with E-state index in [1.807, 2.05) is 0 Å². The molecule has 4 N–H and O–H groups in total. The number of nitrogens with one attached hydrogen (secondary N) is 2. The van der Waals surface area contributed by atoms with Crippen molar-refractivity contribution in [1.29, 1.82) is 0 Å². The molecule has 3 atom stereocenters. The van der Waals surface area contributed by atoms with Crippen LogP contribution in [0.2, 0.25) is 0 Å². The van der Waals surface area contributed by atoms with Gasteiger partial charge in [0.15, 0.2) is 0 Å². The number of hydrogen-bond acceptors (Lipinski definition) is 5. The van der Waals surface area contributed by atoms with Crippen molar-refractivity contribution in [3.05, 3.63) is 0 Å². The summed E-state index contributed by atoms with van der Waals surface area (Å²) in [5.74, 6) is -1.16. The van der Waals surface area contributed by atoms with Crippen LogP contribution in [0.4, 0.5) is 9.59 Å². The lowest BCUT2D eigenvalue weighted by Crippen LogP contribution is -2.58. The molecular formula is C14H21N5O6. The summed E-state index contributed by atoms with van der Waals surface area (Å²) < 4.78 is 0. The maximum Gasteiger partial charge on any atom is 0.407 e. The van der Waals surface area contributed by atoms with Crippen LogP contribution < -0.4 is 10.9 Å². The zero-order valence-corrected chi connectivity index (χ0v) is 13.6. The molecule has 11 nitrogen and oxygen atoms in total. The fraction of sp³-hybridized carbons (Fsp3) is 0.714. The predicted octanol–water partition coefficient (Wildman–Crippen LogP) is -0.676. The smallest absolute Gasteiger partial charge is 0.407 e. The van der Waals surface area contributed by atoms with Gasteiger partial charge < -0.3 is 10.0 Å². The Balaban J connectivity index is 1.56. The third kappa shape index (κ3) is 3.18. The van der Waals surface area contributed by atoms with E-state index in [9.17, 15) is 24.4 Å². The van der Waals surface area contributed by atoms with E-state index in [0.29, 0.717) is 30.7 Å². The van der Waals surface area contributed by atoms with Crippen molar-refractivity contribution < 1.29 is 29.5 Å². The summed E-state index contributed by atoms with van der Waals surface area (Å²) in [7, 11) is 0. The fourth-order valence-electron chi connectivity index (χ4n) is 3.65. The van der Waals surface area contributed by atoms with E-state index in [2.05, 4.69) is 10.9 Å². The summed E-state index contributed by atoms with van der Waals surface area (Å²) in [6, 6.07) is -2.55. The van der Waals surface area contributed by atoms with Crippen molar-refractivity contribution in [2.45, 2.75) is 50.2 Å². The molecule has 0 aliphatic carbocycles. The molecular weight excluding hydrogens is 334 g/mol. The Morgan fingerprint density at radius 3 is 2.36 bits per heavy atom. The van der Waals surface area contributed by atoms with Crippen molar-refractivity contribution in [2.75, 3.05) is 13.1 Å². The number of carbonyl (C=O) groups excluding carboxylic acids is 3. The zero-order valence-electron chi connectivity index (χ0n) is 13.6. The number of hydroxylamine groups is 2. The SMILES string of the molecule is O=C(NNC(=O)[C@@H]1CC[C@@H]2CN1C(=O)N2O)[C@@H]1CCCCN1C(=O)O. The van der Waals surface area contributed by atoms with E-state index < -0.39 is 36.0 Å². The van der Waals surface area contributed by atoms with Crippen LogP contribution in [0.3, 0.4) is 0 Å². The molecule has 3 saturated heterocycles. The van der Waals surface area contributed by atoms with E-state index >= 15 is 0 Å². The van der Waals surface area contributed by atoms with Gasteiger partial charge in [-0.2, -0.15) is 0 Å². The molecule has 0 spiro atoms. The van der Waals surface area contributed by atoms with Gasteiger partial charge >= 0.3 is 12.1 Å². The molecule has 0 saturated carbocycles. The molecule has 5 amide bonds. The lowest BCUT2D eigenvalue weighted by Gasteiger charge is -2.33. The third-order valence-corrected chi connectivity index (χ3v) is 5.01. The number of hydrogen-bond donors (Lipinski definition) is 4. The molecule has 2 bridgehead atoms. The van der Waals surface area contributed by atoms with Crippen LogP contribution in [0.5, 0.6) is 0 Å². The van der Waals surface area contributed by atoms with Gasteiger partial charge in [-0.1, -0.05) is 0 Å². The quantitative estimate of drug-likeness (QED) is 0.382. The Morgan fingerprint density at radius 1 is 1.00 bits per heavy atom. The molecule has 3 aliphatic rings. The number of nitrogens with zero attached hydrogens (tertiary/aromatic N) is 3. The standard InChI is InChI=1S/C14H21N5O6/c20-11(9-3-1-2-6-17(9)14(23)24)15-16-12(21)10-5-4-8-7-18(10)13(22)19(8)25/h8-10,25H,1-7H2,(H,15,20)(H,16,21)(H,23,24)/t8-,9+,10+/m1/s1. The van der Waals surface area contributed by atoms with E-state index in [1.54, 1.807) is 0 Å².